The van der Waals surface area contributed by atoms with Gasteiger partial charge in [0.1, 0.15) is 5.82 Å². The standard InChI is InChI=1S/C15H21FN2/c16-15-4-2-1-3-14(15)11-5-6-13-9-12(17)7-8-18(13)10-11/h1-4,11-13H,5-10,17H2/t11-,12-,13+/m0/s1. The zero-order chi connectivity index (χ0) is 12.5. The second kappa shape index (κ2) is 4.98. The van der Waals surface area contributed by atoms with E-state index in [1.165, 1.54) is 0 Å². The molecule has 2 fully saturated rings. The average Bonchev–Trinajstić information content (AvgIpc) is 2.39. The quantitative estimate of drug-likeness (QED) is 0.827. The average molecular weight is 248 g/mol. The van der Waals surface area contributed by atoms with Crippen LogP contribution in [0.25, 0.3) is 0 Å². The molecule has 0 saturated carbocycles. The van der Waals surface area contributed by atoms with Crippen molar-refractivity contribution in [2.24, 2.45) is 5.73 Å². The van der Waals surface area contributed by atoms with Crippen molar-refractivity contribution in [1.29, 1.82) is 0 Å². The number of piperidine rings is 2. The zero-order valence-electron chi connectivity index (χ0n) is 10.7. The molecule has 1 aromatic carbocycles. The summed E-state index contributed by atoms with van der Waals surface area (Å²) >= 11 is 0. The van der Waals surface area contributed by atoms with Gasteiger partial charge in [0.05, 0.1) is 0 Å². The van der Waals surface area contributed by atoms with Gasteiger partial charge in [-0.15, -0.1) is 0 Å². The molecule has 3 atom stereocenters. The van der Waals surface area contributed by atoms with Crippen molar-refractivity contribution >= 4 is 0 Å². The van der Waals surface area contributed by atoms with Crippen LogP contribution in [0.4, 0.5) is 4.39 Å². The Labute approximate surface area is 108 Å². The Morgan fingerprint density at radius 2 is 2.00 bits per heavy atom. The van der Waals surface area contributed by atoms with Crippen LogP contribution in [-0.4, -0.2) is 30.1 Å². The number of nitrogens with two attached hydrogens (primary N) is 1. The highest BCUT2D eigenvalue weighted by Gasteiger charge is 2.33. The smallest absolute Gasteiger partial charge is 0.126 e. The van der Waals surface area contributed by atoms with Crippen LogP contribution < -0.4 is 5.73 Å². The van der Waals surface area contributed by atoms with Crippen molar-refractivity contribution in [2.45, 2.75) is 43.7 Å². The lowest BCUT2D eigenvalue weighted by Gasteiger charge is -2.44. The second-order valence-corrected chi connectivity index (χ2v) is 5.73. The minimum atomic E-state index is -0.0466. The molecular formula is C15H21FN2. The monoisotopic (exact) mass is 248 g/mol. The van der Waals surface area contributed by atoms with Gasteiger partial charge in [0.15, 0.2) is 0 Å². The fraction of sp³-hybridized carbons (Fsp3) is 0.600. The lowest BCUT2D eigenvalue weighted by atomic mass is 9.83. The molecule has 0 unspecified atom stereocenters. The first-order valence-electron chi connectivity index (χ1n) is 6.98. The van der Waals surface area contributed by atoms with Gasteiger partial charge in [0, 0.05) is 18.6 Å². The lowest BCUT2D eigenvalue weighted by Crippen LogP contribution is -2.50. The molecule has 2 aliphatic rings. The SMILES string of the molecule is N[C@H]1CCN2C[C@@H](c3ccccc3F)CC[C@@H]2C1. The third kappa shape index (κ3) is 2.29. The summed E-state index contributed by atoms with van der Waals surface area (Å²) < 4.78 is 13.8. The fourth-order valence-corrected chi connectivity index (χ4v) is 3.50. The Bertz CT molecular complexity index is 421. The van der Waals surface area contributed by atoms with Gasteiger partial charge in [-0.2, -0.15) is 0 Å². The minimum Gasteiger partial charge on any atom is -0.328 e. The number of hydrogen-bond acceptors (Lipinski definition) is 2. The van der Waals surface area contributed by atoms with Gasteiger partial charge in [-0.25, -0.2) is 4.39 Å². The van der Waals surface area contributed by atoms with Crippen LogP contribution in [0.3, 0.4) is 0 Å². The molecule has 2 nitrogen and oxygen atoms in total. The molecule has 98 valence electrons. The molecule has 0 spiro atoms. The Morgan fingerprint density at radius 3 is 2.83 bits per heavy atom. The molecule has 18 heavy (non-hydrogen) atoms. The molecule has 1 aromatic rings. The predicted molar refractivity (Wildman–Crippen MR) is 70.9 cm³/mol. The van der Waals surface area contributed by atoms with E-state index in [9.17, 15) is 4.39 Å². The molecule has 3 rings (SSSR count). The lowest BCUT2D eigenvalue weighted by molar-refractivity contribution is 0.0860. The number of nitrogens with zero attached hydrogens (tertiary/aromatic N) is 1. The first-order valence-corrected chi connectivity index (χ1v) is 6.98. The highest BCUT2D eigenvalue weighted by molar-refractivity contribution is 5.23. The third-order valence-electron chi connectivity index (χ3n) is 4.53. The van der Waals surface area contributed by atoms with E-state index in [4.69, 9.17) is 5.73 Å². The first-order chi connectivity index (χ1) is 8.74. The van der Waals surface area contributed by atoms with Gasteiger partial charge in [-0.05, 0) is 49.8 Å². The molecule has 2 N–H and O–H groups in total. The summed E-state index contributed by atoms with van der Waals surface area (Å²) in [5.41, 5.74) is 6.92. The second-order valence-electron chi connectivity index (χ2n) is 5.73. The normalized spacial score (nSPS) is 33.1. The third-order valence-corrected chi connectivity index (χ3v) is 4.53. The van der Waals surface area contributed by atoms with Crippen LogP contribution in [-0.2, 0) is 0 Å². The largest absolute Gasteiger partial charge is 0.328 e. The number of fused-ring (bicyclic) bond motifs is 1. The van der Waals surface area contributed by atoms with E-state index in [1.807, 2.05) is 12.1 Å². The van der Waals surface area contributed by atoms with Gasteiger partial charge in [-0.3, -0.25) is 4.90 Å². The van der Waals surface area contributed by atoms with Crippen LogP contribution in [0.2, 0.25) is 0 Å². The maximum Gasteiger partial charge on any atom is 0.126 e. The van der Waals surface area contributed by atoms with Crippen molar-refractivity contribution in [1.82, 2.24) is 4.90 Å². The van der Waals surface area contributed by atoms with Crippen molar-refractivity contribution in [3.05, 3.63) is 35.6 Å². The molecular weight excluding hydrogens is 227 g/mol. The van der Waals surface area contributed by atoms with Crippen molar-refractivity contribution in [2.75, 3.05) is 13.1 Å². The highest BCUT2D eigenvalue weighted by atomic mass is 19.1. The van der Waals surface area contributed by atoms with E-state index in [0.29, 0.717) is 18.0 Å². The summed E-state index contributed by atoms with van der Waals surface area (Å²) in [5.74, 6) is 0.312. The summed E-state index contributed by atoms with van der Waals surface area (Å²) in [7, 11) is 0. The summed E-state index contributed by atoms with van der Waals surface area (Å²) in [6, 6.07) is 8.23. The molecule has 0 aliphatic carbocycles. The van der Waals surface area contributed by atoms with E-state index in [2.05, 4.69) is 4.90 Å². The van der Waals surface area contributed by atoms with Gasteiger partial charge < -0.3 is 5.73 Å². The zero-order valence-corrected chi connectivity index (χ0v) is 10.7. The Balaban J connectivity index is 1.73. The summed E-state index contributed by atoms with van der Waals surface area (Å²) in [5, 5.41) is 0. The maximum atomic E-state index is 13.8. The molecule has 2 aliphatic heterocycles. The Morgan fingerprint density at radius 1 is 1.17 bits per heavy atom. The van der Waals surface area contributed by atoms with E-state index in [0.717, 1.165) is 44.3 Å². The van der Waals surface area contributed by atoms with Crippen LogP contribution in [0.15, 0.2) is 24.3 Å². The van der Waals surface area contributed by atoms with Gasteiger partial charge in [-0.1, -0.05) is 18.2 Å². The van der Waals surface area contributed by atoms with Crippen LogP contribution in [0, 0.1) is 5.82 Å². The van der Waals surface area contributed by atoms with Crippen molar-refractivity contribution in [3.8, 4) is 0 Å². The van der Waals surface area contributed by atoms with E-state index in [1.54, 1.807) is 12.1 Å². The van der Waals surface area contributed by atoms with Crippen LogP contribution in [0.1, 0.15) is 37.2 Å². The Hall–Kier alpha value is -0.930. The number of rotatable bonds is 1. The Kier molecular flexibility index (Phi) is 3.35. The predicted octanol–water partition coefficient (Wildman–Crippen LogP) is 2.49. The molecule has 2 saturated heterocycles. The van der Waals surface area contributed by atoms with E-state index in [-0.39, 0.29) is 5.82 Å². The summed E-state index contributed by atoms with van der Waals surface area (Å²) in [4.78, 5) is 2.52. The highest BCUT2D eigenvalue weighted by Crippen LogP contribution is 2.34. The minimum absolute atomic E-state index is 0.0466. The summed E-state index contributed by atoms with van der Waals surface area (Å²) in [6.45, 7) is 2.08. The van der Waals surface area contributed by atoms with E-state index < -0.39 is 0 Å². The number of hydrogen-bond donors (Lipinski definition) is 1. The first kappa shape index (κ1) is 12.1. The molecule has 0 amide bonds. The molecule has 3 heteroatoms. The van der Waals surface area contributed by atoms with Gasteiger partial charge in [0.25, 0.3) is 0 Å². The molecule has 0 aromatic heterocycles. The molecule has 2 heterocycles. The summed E-state index contributed by atoms with van der Waals surface area (Å²) in [6.07, 6.45) is 4.45. The molecule has 0 radical (unpaired) electrons. The van der Waals surface area contributed by atoms with Crippen molar-refractivity contribution in [3.63, 3.8) is 0 Å². The number of benzene rings is 1. The van der Waals surface area contributed by atoms with Gasteiger partial charge in [0.2, 0.25) is 0 Å². The van der Waals surface area contributed by atoms with E-state index >= 15 is 0 Å². The maximum absolute atomic E-state index is 13.8. The number of halogens is 1. The van der Waals surface area contributed by atoms with Gasteiger partial charge >= 0.3 is 0 Å². The topological polar surface area (TPSA) is 29.3 Å². The van der Waals surface area contributed by atoms with Crippen molar-refractivity contribution < 1.29 is 4.39 Å². The van der Waals surface area contributed by atoms with Crippen LogP contribution in [0.5, 0.6) is 0 Å². The van der Waals surface area contributed by atoms with Crippen LogP contribution >= 0.6 is 0 Å². The molecule has 0 bridgehead atoms. The fourth-order valence-electron chi connectivity index (χ4n) is 3.50.